The molecule has 0 aliphatic rings. The van der Waals surface area contributed by atoms with Gasteiger partial charge >= 0.3 is 0 Å². The number of rotatable bonds is 1. The summed E-state index contributed by atoms with van der Waals surface area (Å²) >= 11 is 7.93. The first-order valence-corrected chi connectivity index (χ1v) is 6.23. The lowest BCUT2D eigenvalue weighted by Crippen LogP contribution is -1.80. The minimum atomic E-state index is 0.155. The number of halogens is 2. The van der Waals surface area contributed by atoms with Crippen LogP contribution in [0.25, 0.3) is 22.7 Å². The van der Waals surface area contributed by atoms with Crippen LogP contribution in [0.3, 0.4) is 0 Å². The third kappa shape index (κ3) is 2.12. The van der Waals surface area contributed by atoms with Crippen molar-refractivity contribution in [2.45, 2.75) is 0 Å². The van der Waals surface area contributed by atoms with E-state index in [1.807, 2.05) is 24.3 Å². The predicted molar refractivity (Wildman–Crippen MR) is 72.8 cm³/mol. The van der Waals surface area contributed by atoms with Gasteiger partial charge in [-0.3, -0.25) is 0 Å². The van der Waals surface area contributed by atoms with Crippen LogP contribution in [0.2, 0.25) is 5.28 Å². The highest BCUT2D eigenvalue weighted by Crippen LogP contribution is 2.24. The van der Waals surface area contributed by atoms with E-state index in [4.69, 9.17) is 16.0 Å². The maximum Gasteiger partial charge on any atom is 0.251 e. The SMILES string of the molecule is Clc1ncc2nc(-c3cccc(I)c3)oc2n1. The molecule has 0 radical (unpaired) electrons. The van der Waals surface area contributed by atoms with Gasteiger partial charge in [0.2, 0.25) is 11.2 Å². The lowest BCUT2D eigenvalue weighted by Gasteiger charge is -1.94. The maximum absolute atomic E-state index is 5.69. The van der Waals surface area contributed by atoms with Crippen LogP contribution < -0.4 is 0 Å². The maximum atomic E-state index is 5.69. The zero-order valence-electron chi connectivity index (χ0n) is 8.39. The number of benzene rings is 1. The molecule has 3 aromatic rings. The first-order chi connectivity index (χ1) is 8.22. The molecular weight excluding hydrogens is 352 g/mol. The minimum absolute atomic E-state index is 0.155. The van der Waals surface area contributed by atoms with Crippen molar-refractivity contribution < 1.29 is 4.42 Å². The molecule has 0 N–H and O–H groups in total. The highest BCUT2D eigenvalue weighted by molar-refractivity contribution is 14.1. The van der Waals surface area contributed by atoms with E-state index in [9.17, 15) is 0 Å². The summed E-state index contributed by atoms with van der Waals surface area (Å²) in [4.78, 5) is 12.1. The normalized spacial score (nSPS) is 10.9. The van der Waals surface area contributed by atoms with Gasteiger partial charge in [0.25, 0.3) is 5.71 Å². The molecule has 0 amide bonds. The van der Waals surface area contributed by atoms with E-state index in [0.29, 0.717) is 17.1 Å². The lowest BCUT2D eigenvalue weighted by atomic mass is 10.2. The molecule has 0 saturated heterocycles. The monoisotopic (exact) mass is 357 g/mol. The summed E-state index contributed by atoms with van der Waals surface area (Å²) in [5.41, 5.74) is 1.91. The number of oxazole rings is 1. The summed E-state index contributed by atoms with van der Waals surface area (Å²) in [6.07, 6.45) is 1.55. The summed E-state index contributed by atoms with van der Waals surface area (Å²) in [6, 6.07) is 7.87. The Morgan fingerprint density at radius 3 is 2.94 bits per heavy atom. The van der Waals surface area contributed by atoms with Crippen molar-refractivity contribution in [2.24, 2.45) is 0 Å². The summed E-state index contributed by atoms with van der Waals surface area (Å²) in [7, 11) is 0. The summed E-state index contributed by atoms with van der Waals surface area (Å²) in [5, 5.41) is 0.155. The second-order valence-electron chi connectivity index (χ2n) is 3.36. The van der Waals surface area contributed by atoms with E-state index in [-0.39, 0.29) is 5.28 Å². The van der Waals surface area contributed by atoms with E-state index in [1.165, 1.54) is 0 Å². The average molecular weight is 358 g/mol. The van der Waals surface area contributed by atoms with E-state index in [1.54, 1.807) is 6.20 Å². The van der Waals surface area contributed by atoms with Gasteiger partial charge in [0.15, 0.2) is 0 Å². The molecule has 1 aromatic carbocycles. The smallest absolute Gasteiger partial charge is 0.251 e. The zero-order valence-corrected chi connectivity index (χ0v) is 11.3. The molecule has 0 unspecified atom stereocenters. The number of fused-ring (bicyclic) bond motifs is 1. The molecule has 0 aliphatic carbocycles. The lowest BCUT2D eigenvalue weighted by molar-refractivity contribution is 0.607. The number of hydrogen-bond donors (Lipinski definition) is 0. The third-order valence-electron chi connectivity index (χ3n) is 2.19. The first-order valence-electron chi connectivity index (χ1n) is 4.77. The van der Waals surface area contributed by atoms with Crippen LogP contribution in [-0.2, 0) is 0 Å². The molecule has 0 aliphatic heterocycles. The highest BCUT2D eigenvalue weighted by Gasteiger charge is 2.10. The van der Waals surface area contributed by atoms with Gasteiger partial charge in [0, 0.05) is 9.13 Å². The Labute approximate surface area is 115 Å². The minimum Gasteiger partial charge on any atom is -0.418 e. The van der Waals surface area contributed by atoms with Crippen LogP contribution in [0, 0.1) is 3.57 Å². The van der Waals surface area contributed by atoms with Gasteiger partial charge in [-0.25, -0.2) is 9.97 Å². The summed E-state index contributed by atoms with van der Waals surface area (Å²) in [6.45, 7) is 0. The molecule has 84 valence electrons. The standard InChI is InChI=1S/C11H5ClIN3O/c12-11-14-5-8-10(16-11)17-9(15-8)6-2-1-3-7(13)4-6/h1-5H. The van der Waals surface area contributed by atoms with Crippen LogP contribution in [0.15, 0.2) is 34.9 Å². The first kappa shape index (κ1) is 10.9. The van der Waals surface area contributed by atoms with Crippen LogP contribution in [-0.4, -0.2) is 15.0 Å². The van der Waals surface area contributed by atoms with Crippen molar-refractivity contribution in [2.75, 3.05) is 0 Å². The van der Waals surface area contributed by atoms with Crippen molar-refractivity contribution in [3.63, 3.8) is 0 Å². The Hall–Kier alpha value is -1.21. The van der Waals surface area contributed by atoms with Gasteiger partial charge in [-0.15, -0.1) is 0 Å². The van der Waals surface area contributed by atoms with Crippen molar-refractivity contribution >= 4 is 45.4 Å². The van der Waals surface area contributed by atoms with Crippen LogP contribution in [0.1, 0.15) is 0 Å². The molecule has 0 bridgehead atoms. The zero-order chi connectivity index (χ0) is 11.8. The Bertz CT molecular complexity index is 698. The Morgan fingerprint density at radius 1 is 1.24 bits per heavy atom. The van der Waals surface area contributed by atoms with E-state index in [0.717, 1.165) is 9.13 Å². The van der Waals surface area contributed by atoms with Crippen LogP contribution in [0.5, 0.6) is 0 Å². The van der Waals surface area contributed by atoms with E-state index >= 15 is 0 Å². The molecule has 17 heavy (non-hydrogen) atoms. The molecule has 4 nitrogen and oxygen atoms in total. The second kappa shape index (κ2) is 4.23. The van der Waals surface area contributed by atoms with Crippen LogP contribution >= 0.6 is 34.2 Å². The van der Waals surface area contributed by atoms with Crippen molar-refractivity contribution in [1.82, 2.24) is 15.0 Å². The molecule has 0 atom stereocenters. The van der Waals surface area contributed by atoms with Gasteiger partial charge in [-0.05, 0) is 52.4 Å². The fourth-order valence-corrected chi connectivity index (χ4v) is 2.13. The van der Waals surface area contributed by atoms with Gasteiger partial charge in [0.1, 0.15) is 5.52 Å². The van der Waals surface area contributed by atoms with Gasteiger partial charge < -0.3 is 4.42 Å². The van der Waals surface area contributed by atoms with Crippen molar-refractivity contribution in [3.8, 4) is 11.5 Å². The number of aromatic nitrogens is 3. The predicted octanol–water partition coefficient (Wildman–Crippen LogP) is 3.54. The molecule has 0 saturated carbocycles. The quantitative estimate of drug-likeness (QED) is 0.494. The van der Waals surface area contributed by atoms with E-state index < -0.39 is 0 Å². The molecule has 2 aromatic heterocycles. The number of hydrogen-bond acceptors (Lipinski definition) is 4. The second-order valence-corrected chi connectivity index (χ2v) is 4.94. The molecule has 2 heterocycles. The molecule has 6 heteroatoms. The molecule has 0 fully saturated rings. The van der Waals surface area contributed by atoms with Crippen molar-refractivity contribution in [1.29, 1.82) is 0 Å². The summed E-state index contributed by atoms with van der Waals surface area (Å²) < 4.78 is 6.66. The largest absolute Gasteiger partial charge is 0.418 e. The number of nitrogens with zero attached hydrogens (tertiary/aromatic N) is 3. The molecule has 3 rings (SSSR count). The Balaban J connectivity index is 2.18. The third-order valence-corrected chi connectivity index (χ3v) is 3.05. The molecular formula is C11H5ClIN3O. The Kier molecular flexibility index (Phi) is 2.71. The fraction of sp³-hybridized carbons (Fsp3) is 0. The highest BCUT2D eigenvalue weighted by atomic mass is 127. The van der Waals surface area contributed by atoms with Gasteiger partial charge in [0.05, 0.1) is 6.20 Å². The topological polar surface area (TPSA) is 51.8 Å². The van der Waals surface area contributed by atoms with Gasteiger partial charge in [-0.2, -0.15) is 4.98 Å². The summed E-state index contributed by atoms with van der Waals surface area (Å²) in [5.74, 6) is 0.523. The fourth-order valence-electron chi connectivity index (χ4n) is 1.46. The van der Waals surface area contributed by atoms with Crippen LogP contribution in [0.4, 0.5) is 0 Å². The van der Waals surface area contributed by atoms with E-state index in [2.05, 4.69) is 37.5 Å². The Morgan fingerprint density at radius 2 is 2.12 bits per heavy atom. The molecule has 0 spiro atoms. The average Bonchev–Trinajstić information content (AvgIpc) is 2.72. The van der Waals surface area contributed by atoms with Gasteiger partial charge in [-0.1, -0.05) is 6.07 Å². The van der Waals surface area contributed by atoms with Crippen molar-refractivity contribution in [3.05, 3.63) is 39.3 Å².